The topological polar surface area (TPSA) is 116 Å². The summed E-state index contributed by atoms with van der Waals surface area (Å²) in [5, 5.41) is 13.9. The minimum Gasteiger partial charge on any atom is -0.481 e. The average Bonchev–Trinajstić information content (AvgIpc) is 2.80. The molecule has 8 heteroatoms. The lowest BCUT2D eigenvalue weighted by Crippen LogP contribution is -2.32. The third-order valence-corrected chi connectivity index (χ3v) is 3.36. The van der Waals surface area contributed by atoms with Crippen molar-refractivity contribution < 1.29 is 24.3 Å². The Labute approximate surface area is 132 Å². The summed E-state index contributed by atoms with van der Waals surface area (Å²) in [7, 11) is 0. The van der Waals surface area contributed by atoms with Gasteiger partial charge in [0.15, 0.2) is 0 Å². The zero-order chi connectivity index (χ0) is 16.8. The summed E-state index contributed by atoms with van der Waals surface area (Å²) in [4.78, 5) is 46.5. The molecule has 23 heavy (non-hydrogen) atoms. The molecule has 1 aliphatic rings. The standard InChI is InChI=1S/C15H17N3O5/c19-12(6-3-7-18-13(20)9-16-15(18)23)17-11-5-2-1-4-10(11)8-14(21)22/h1-2,4-5H,3,6-9H2,(H,16,23)(H,17,19)(H,21,22). The number of amides is 4. The van der Waals surface area contributed by atoms with Crippen molar-refractivity contribution in [3.63, 3.8) is 0 Å². The first-order valence-corrected chi connectivity index (χ1v) is 7.15. The average molecular weight is 319 g/mol. The van der Waals surface area contributed by atoms with Crippen molar-refractivity contribution in [3.05, 3.63) is 29.8 Å². The second kappa shape index (κ2) is 7.39. The number of hydrogen-bond donors (Lipinski definition) is 3. The van der Waals surface area contributed by atoms with Crippen LogP contribution in [0, 0.1) is 0 Å². The number of rotatable bonds is 7. The van der Waals surface area contributed by atoms with Gasteiger partial charge in [-0.2, -0.15) is 0 Å². The van der Waals surface area contributed by atoms with Gasteiger partial charge in [0, 0.05) is 18.7 Å². The molecule has 0 bridgehead atoms. The smallest absolute Gasteiger partial charge is 0.324 e. The number of nitrogens with zero attached hydrogens (tertiary/aromatic N) is 1. The van der Waals surface area contributed by atoms with E-state index >= 15 is 0 Å². The molecule has 0 atom stereocenters. The van der Waals surface area contributed by atoms with E-state index in [0.29, 0.717) is 17.7 Å². The van der Waals surface area contributed by atoms with Crippen LogP contribution in [0.25, 0.3) is 0 Å². The van der Waals surface area contributed by atoms with Crippen molar-refractivity contribution in [3.8, 4) is 0 Å². The summed E-state index contributed by atoms with van der Waals surface area (Å²) in [6.07, 6.45) is 0.281. The molecule has 122 valence electrons. The Hall–Kier alpha value is -2.90. The number of para-hydroxylation sites is 1. The molecule has 0 aliphatic carbocycles. The quantitative estimate of drug-likeness (QED) is 0.636. The summed E-state index contributed by atoms with van der Waals surface area (Å²) in [5.74, 6) is -1.58. The first kappa shape index (κ1) is 16.5. The van der Waals surface area contributed by atoms with E-state index in [4.69, 9.17) is 5.11 Å². The first-order chi connectivity index (χ1) is 11.0. The molecule has 2 rings (SSSR count). The molecule has 3 N–H and O–H groups in total. The highest BCUT2D eigenvalue weighted by atomic mass is 16.4. The molecule has 1 aromatic carbocycles. The second-order valence-electron chi connectivity index (χ2n) is 5.08. The van der Waals surface area contributed by atoms with Crippen LogP contribution in [-0.2, 0) is 20.8 Å². The van der Waals surface area contributed by atoms with Crippen molar-refractivity contribution in [2.75, 3.05) is 18.4 Å². The van der Waals surface area contributed by atoms with Crippen LogP contribution in [0.1, 0.15) is 18.4 Å². The van der Waals surface area contributed by atoms with Crippen molar-refractivity contribution in [2.24, 2.45) is 0 Å². The number of anilines is 1. The fraction of sp³-hybridized carbons (Fsp3) is 0.333. The van der Waals surface area contributed by atoms with Gasteiger partial charge in [-0.3, -0.25) is 19.3 Å². The van der Waals surface area contributed by atoms with Gasteiger partial charge in [0.2, 0.25) is 11.8 Å². The van der Waals surface area contributed by atoms with E-state index in [1.165, 1.54) is 0 Å². The highest BCUT2D eigenvalue weighted by Crippen LogP contribution is 2.16. The molecule has 1 fully saturated rings. The van der Waals surface area contributed by atoms with Gasteiger partial charge in [0.05, 0.1) is 13.0 Å². The van der Waals surface area contributed by atoms with Crippen LogP contribution in [0.3, 0.4) is 0 Å². The van der Waals surface area contributed by atoms with E-state index in [1.807, 2.05) is 0 Å². The molecule has 0 aromatic heterocycles. The fourth-order valence-corrected chi connectivity index (χ4v) is 2.25. The summed E-state index contributed by atoms with van der Waals surface area (Å²) in [5.41, 5.74) is 0.970. The lowest BCUT2D eigenvalue weighted by Gasteiger charge is -2.12. The number of carbonyl (C=O) groups is 4. The van der Waals surface area contributed by atoms with Gasteiger partial charge in [-0.25, -0.2) is 4.79 Å². The summed E-state index contributed by atoms with van der Waals surface area (Å²) in [6.45, 7) is 0.169. The molecular weight excluding hydrogens is 302 g/mol. The number of imide groups is 1. The van der Waals surface area contributed by atoms with Gasteiger partial charge >= 0.3 is 12.0 Å². The van der Waals surface area contributed by atoms with Gasteiger partial charge < -0.3 is 15.7 Å². The Balaban J connectivity index is 1.84. The predicted molar refractivity (Wildman–Crippen MR) is 80.8 cm³/mol. The number of nitrogens with one attached hydrogen (secondary N) is 2. The van der Waals surface area contributed by atoms with Gasteiger partial charge in [-0.05, 0) is 18.1 Å². The lowest BCUT2D eigenvalue weighted by atomic mass is 10.1. The number of benzene rings is 1. The minimum absolute atomic E-state index is 0.00636. The molecule has 0 unspecified atom stereocenters. The molecule has 4 amide bonds. The molecule has 1 saturated heterocycles. The molecule has 1 heterocycles. The number of hydrogen-bond acceptors (Lipinski definition) is 4. The Morgan fingerprint density at radius 3 is 2.65 bits per heavy atom. The third kappa shape index (κ3) is 4.53. The van der Waals surface area contributed by atoms with Crippen molar-refractivity contribution in [2.45, 2.75) is 19.3 Å². The fourth-order valence-electron chi connectivity index (χ4n) is 2.25. The maximum atomic E-state index is 11.9. The maximum Gasteiger partial charge on any atom is 0.324 e. The van der Waals surface area contributed by atoms with Crippen molar-refractivity contribution in [1.29, 1.82) is 0 Å². The Bertz CT molecular complexity index is 628. The van der Waals surface area contributed by atoms with Gasteiger partial charge in [-0.15, -0.1) is 0 Å². The molecular formula is C15H17N3O5. The van der Waals surface area contributed by atoms with Crippen LogP contribution < -0.4 is 10.6 Å². The van der Waals surface area contributed by atoms with Crippen molar-refractivity contribution in [1.82, 2.24) is 10.2 Å². The van der Waals surface area contributed by atoms with Gasteiger partial charge in [0.25, 0.3) is 0 Å². The number of carboxylic acid groups (broad SMARTS) is 1. The van der Waals surface area contributed by atoms with Crippen LogP contribution in [0.4, 0.5) is 10.5 Å². The van der Waals surface area contributed by atoms with Crippen LogP contribution in [0.15, 0.2) is 24.3 Å². The monoisotopic (exact) mass is 319 g/mol. The Morgan fingerprint density at radius 1 is 1.26 bits per heavy atom. The summed E-state index contributed by atoms with van der Waals surface area (Å²) in [6, 6.07) is 6.23. The van der Waals surface area contributed by atoms with E-state index in [2.05, 4.69) is 10.6 Å². The maximum absolute atomic E-state index is 11.9. The molecule has 8 nitrogen and oxygen atoms in total. The molecule has 0 saturated carbocycles. The van der Waals surface area contributed by atoms with Gasteiger partial charge in [-0.1, -0.05) is 18.2 Å². The van der Waals surface area contributed by atoms with Crippen molar-refractivity contribution >= 4 is 29.5 Å². The van der Waals surface area contributed by atoms with E-state index < -0.39 is 12.0 Å². The van der Waals surface area contributed by atoms with E-state index in [1.54, 1.807) is 24.3 Å². The molecule has 0 spiro atoms. The second-order valence-corrected chi connectivity index (χ2v) is 5.08. The Kier molecular flexibility index (Phi) is 5.29. The minimum atomic E-state index is -0.981. The number of carbonyl (C=O) groups excluding carboxylic acids is 3. The highest BCUT2D eigenvalue weighted by Gasteiger charge is 2.27. The van der Waals surface area contributed by atoms with Crippen LogP contribution in [-0.4, -0.2) is 46.9 Å². The third-order valence-electron chi connectivity index (χ3n) is 3.36. The first-order valence-electron chi connectivity index (χ1n) is 7.15. The van der Waals surface area contributed by atoms with Crippen LogP contribution in [0.2, 0.25) is 0 Å². The predicted octanol–water partition coefficient (Wildman–Crippen LogP) is 0.584. The lowest BCUT2D eigenvalue weighted by molar-refractivity contribution is -0.136. The van der Waals surface area contributed by atoms with Crippen LogP contribution in [0.5, 0.6) is 0 Å². The summed E-state index contributed by atoms with van der Waals surface area (Å²) >= 11 is 0. The zero-order valence-electron chi connectivity index (χ0n) is 12.4. The number of urea groups is 1. The molecule has 0 radical (unpaired) electrons. The highest BCUT2D eigenvalue weighted by molar-refractivity contribution is 6.02. The molecule has 1 aromatic rings. The number of aliphatic carboxylic acids is 1. The van der Waals surface area contributed by atoms with E-state index in [9.17, 15) is 19.2 Å². The summed E-state index contributed by atoms with van der Waals surface area (Å²) < 4.78 is 0. The molecule has 1 aliphatic heterocycles. The van der Waals surface area contributed by atoms with E-state index in [0.717, 1.165) is 4.90 Å². The van der Waals surface area contributed by atoms with E-state index in [-0.39, 0.29) is 37.7 Å². The normalized spacial score (nSPS) is 13.8. The van der Waals surface area contributed by atoms with Gasteiger partial charge in [0.1, 0.15) is 0 Å². The SMILES string of the molecule is O=C(O)Cc1ccccc1NC(=O)CCCN1C(=O)CNC1=O. The Morgan fingerprint density at radius 2 is 2.00 bits per heavy atom. The van der Waals surface area contributed by atoms with Crippen LogP contribution >= 0.6 is 0 Å². The largest absolute Gasteiger partial charge is 0.481 e. The zero-order valence-corrected chi connectivity index (χ0v) is 12.4. The number of carboxylic acids is 1.